The Hall–Kier alpha value is -1.60. The molecule has 0 aliphatic heterocycles. The molecule has 6 nitrogen and oxygen atoms in total. The number of sulfonamides is 1. The third kappa shape index (κ3) is 4.21. The molecule has 1 atom stereocenters. The van der Waals surface area contributed by atoms with Crippen molar-refractivity contribution in [3.63, 3.8) is 0 Å². The highest BCUT2D eigenvalue weighted by Crippen LogP contribution is 2.27. The summed E-state index contributed by atoms with van der Waals surface area (Å²) < 4.78 is 32.3. The Balaban J connectivity index is 3.22. The molecule has 0 fully saturated rings. The number of ether oxygens (including phenoxy) is 1. The number of hydrogen-bond donors (Lipinski definition) is 2. The van der Waals surface area contributed by atoms with E-state index in [9.17, 15) is 13.2 Å². The first-order chi connectivity index (χ1) is 9.30. The summed E-state index contributed by atoms with van der Waals surface area (Å²) >= 11 is 0. The first kappa shape index (κ1) is 16.5. The molecule has 20 heavy (non-hydrogen) atoms. The van der Waals surface area contributed by atoms with Crippen molar-refractivity contribution in [1.82, 2.24) is 4.72 Å². The van der Waals surface area contributed by atoms with Gasteiger partial charge in [-0.2, -0.15) is 0 Å². The number of methoxy groups -OCH3 is 1. The lowest BCUT2D eigenvalue weighted by atomic mass is 10.3. The molecule has 0 aromatic heterocycles. The van der Waals surface area contributed by atoms with Crippen LogP contribution in [0.3, 0.4) is 0 Å². The first-order valence-electron chi connectivity index (χ1n) is 6.28. The molecule has 112 valence electrons. The van der Waals surface area contributed by atoms with E-state index in [1.807, 2.05) is 6.92 Å². The quantitative estimate of drug-likeness (QED) is 0.838. The third-order valence-electron chi connectivity index (χ3n) is 2.74. The Morgan fingerprint density at radius 3 is 2.55 bits per heavy atom. The summed E-state index contributed by atoms with van der Waals surface area (Å²) in [5.74, 6) is -0.0386. The predicted octanol–water partition coefficient (Wildman–Crippen LogP) is 1.73. The van der Waals surface area contributed by atoms with Gasteiger partial charge in [0.15, 0.2) is 0 Å². The van der Waals surface area contributed by atoms with Crippen molar-refractivity contribution in [2.75, 3.05) is 12.4 Å². The fourth-order valence-electron chi connectivity index (χ4n) is 1.58. The fourth-order valence-corrected chi connectivity index (χ4v) is 3.10. The molecule has 1 aromatic rings. The summed E-state index contributed by atoms with van der Waals surface area (Å²) in [5, 5.41) is 2.55. The van der Waals surface area contributed by atoms with E-state index in [1.54, 1.807) is 13.0 Å². The Labute approximate surface area is 119 Å². The molecular formula is C13H20N2O4S. The van der Waals surface area contributed by atoms with Crippen LogP contribution in [0.2, 0.25) is 0 Å². The minimum Gasteiger partial charge on any atom is -0.495 e. The monoisotopic (exact) mass is 300 g/mol. The number of hydrogen-bond acceptors (Lipinski definition) is 4. The number of carbonyl (C=O) groups excluding carboxylic acids is 1. The Kier molecular flexibility index (Phi) is 5.52. The molecule has 0 radical (unpaired) electrons. The average molecular weight is 300 g/mol. The van der Waals surface area contributed by atoms with E-state index in [-0.39, 0.29) is 22.6 Å². The fraction of sp³-hybridized carbons (Fsp3) is 0.462. The molecule has 1 aromatic carbocycles. The standard InChI is InChI=1S/C13H20N2O4S/c1-5-9(2)15-20(17,18)13-8-11(14-10(3)16)6-7-12(13)19-4/h6-9,15H,5H2,1-4H3,(H,14,16)/t9-/m1/s1. The first-order valence-corrected chi connectivity index (χ1v) is 7.76. The van der Waals surface area contributed by atoms with Gasteiger partial charge in [-0.3, -0.25) is 4.79 Å². The van der Waals surface area contributed by atoms with Gasteiger partial charge in [-0.15, -0.1) is 0 Å². The van der Waals surface area contributed by atoms with E-state index in [2.05, 4.69) is 10.0 Å². The van der Waals surface area contributed by atoms with Crippen molar-refractivity contribution < 1.29 is 17.9 Å². The molecule has 0 aliphatic carbocycles. The maximum atomic E-state index is 12.3. The average Bonchev–Trinajstić information content (AvgIpc) is 2.37. The summed E-state index contributed by atoms with van der Waals surface area (Å²) in [6, 6.07) is 4.29. The molecule has 2 N–H and O–H groups in total. The molecular weight excluding hydrogens is 280 g/mol. The van der Waals surface area contributed by atoms with Crippen LogP contribution in [0.1, 0.15) is 27.2 Å². The normalized spacial score (nSPS) is 12.8. The second-order valence-corrected chi connectivity index (χ2v) is 6.16. The van der Waals surface area contributed by atoms with Crippen molar-refractivity contribution in [3.8, 4) is 5.75 Å². The summed E-state index contributed by atoms with van der Waals surface area (Å²) in [6.45, 7) is 5.02. The zero-order chi connectivity index (χ0) is 15.3. The van der Waals surface area contributed by atoms with Gasteiger partial charge in [-0.05, 0) is 31.5 Å². The van der Waals surface area contributed by atoms with Crippen LogP contribution in [-0.4, -0.2) is 27.5 Å². The van der Waals surface area contributed by atoms with Gasteiger partial charge >= 0.3 is 0 Å². The Morgan fingerprint density at radius 2 is 2.05 bits per heavy atom. The molecule has 7 heteroatoms. The minimum atomic E-state index is -3.70. The smallest absolute Gasteiger partial charge is 0.244 e. The third-order valence-corrected chi connectivity index (χ3v) is 4.35. The van der Waals surface area contributed by atoms with Crippen molar-refractivity contribution in [2.45, 2.75) is 38.1 Å². The van der Waals surface area contributed by atoms with Gasteiger partial charge in [0.1, 0.15) is 10.6 Å². The van der Waals surface area contributed by atoms with Crippen molar-refractivity contribution >= 4 is 21.6 Å². The Morgan fingerprint density at radius 1 is 1.40 bits per heavy atom. The molecule has 1 rings (SSSR count). The van der Waals surface area contributed by atoms with Crippen molar-refractivity contribution in [1.29, 1.82) is 0 Å². The van der Waals surface area contributed by atoms with Crippen LogP contribution in [0.5, 0.6) is 5.75 Å². The highest BCUT2D eigenvalue weighted by molar-refractivity contribution is 7.89. The van der Waals surface area contributed by atoms with Crippen LogP contribution in [0, 0.1) is 0 Å². The van der Waals surface area contributed by atoms with E-state index in [0.29, 0.717) is 12.1 Å². The lowest BCUT2D eigenvalue weighted by Crippen LogP contribution is -2.32. The van der Waals surface area contributed by atoms with Crippen LogP contribution in [0.15, 0.2) is 23.1 Å². The maximum Gasteiger partial charge on any atom is 0.244 e. The number of benzene rings is 1. The summed E-state index contributed by atoms with van der Waals surface area (Å²) in [5.41, 5.74) is 0.405. The summed E-state index contributed by atoms with van der Waals surface area (Å²) in [4.78, 5) is 11.1. The second-order valence-electron chi connectivity index (χ2n) is 4.48. The van der Waals surface area contributed by atoms with Crippen LogP contribution in [-0.2, 0) is 14.8 Å². The highest BCUT2D eigenvalue weighted by Gasteiger charge is 2.21. The predicted molar refractivity (Wildman–Crippen MR) is 77.4 cm³/mol. The van der Waals surface area contributed by atoms with Gasteiger partial charge in [0.05, 0.1) is 7.11 Å². The molecule has 0 unspecified atom stereocenters. The van der Waals surface area contributed by atoms with E-state index in [1.165, 1.54) is 26.2 Å². The summed E-state index contributed by atoms with van der Waals surface area (Å²) in [6.07, 6.45) is 0.674. The lowest BCUT2D eigenvalue weighted by molar-refractivity contribution is -0.114. The minimum absolute atomic E-state index is 0.00606. The van der Waals surface area contributed by atoms with Gasteiger partial charge in [0.25, 0.3) is 0 Å². The topological polar surface area (TPSA) is 84.5 Å². The maximum absolute atomic E-state index is 12.3. The Bertz CT molecular complexity index is 584. The van der Waals surface area contributed by atoms with E-state index < -0.39 is 10.0 Å². The molecule has 0 heterocycles. The number of nitrogens with one attached hydrogen (secondary N) is 2. The molecule has 0 aliphatic rings. The number of anilines is 1. The van der Waals surface area contributed by atoms with E-state index in [0.717, 1.165) is 0 Å². The zero-order valence-electron chi connectivity index (χ0n) is 12.1. The largest absolute Gasteiger partial charge is 0.495 e. The molecule has 0 saturated carbocycles. The number of rotatable bonds is 6. The summed E-state index contributed by atoms with van der Waals surface area (Å²) in [7, 11) is -2.30. The van der Waals surface area contributed by atoms with Crippen LogP contribution >= 0.6 is 0 Å². The molecule has 0 saturated heterocycles. The van der Waals surface area contributed by atoms with Gasteiger partial charge in [-0.1, -0.05) is 6.92 Å². The highest BCUT2D eigenvalue weighted by atomic mass is 32.2. The van der Waals surface area contributed by atoms with Crippen LogP contribution < -0.4 is 14.8 Å². The molecule has 0 spiro atoms. The second kappa shape index (κ2) is 6.71. The van der Waals surface area contributed by atoms with Gasteiger partial charge < -0.3 is 10.1 Å². The van der Waals surface area contributed by atoms with Crippen LogP contribution in [0.25, 0.3) is 0 Å². The molecule has 1 amide bonds. The number of amides is 1. The lowest BCUT2D eigenvalue weighted by Gasteiger charge is -2.15. The van der Waals surface area contributed by atoms with E-state index in [4.69, 9.17) is 4.74 Å². The number of carbonyl (C=O) groups is 1. The van der Waals surface area contributed by atoms with Crippen molar-refractivity contribution in [2.24, 2.45) is 0 Å². The zero-order valence-corrected chi connectivity index (χ0v) is 12.9. The molecule has 0 bridgehead atoms. The van der Waals surface area contributed by atoms with Gasteiger partial charge in [0.2, 0.25) is 15.9 Å². The van der Waals surface area contributed by atoms with Crippen LogP contribution in [0.4, 0.5) is 5.69 Å². The SMILES string of the molecule is CC[C@@H](C)NS(=O)(=O)c1cc(NC(C)=O)ccc1OC. The van der Waals surface area contributed by atoms with Gasteiger partial charge in [0, 0.05) is 18.7 Å². The van der Waals surface area contributed by atoms with Crippen molar-refractivity contribution in [3.05, 3.63) is 18.2 Å². The van der Waals surface area contributed by atoms with E-state index >= 15 is 0 Å². The van der Waals surface area contributed by atoms with Gasteiger partial charge in [-0.25, -0.2) is 13.1 Å².